The molecule has 0 aliphatic heterocycles. The molecule has 0 amide bonds. The highest BCUT2D eigenvalue weighted by atomic mass is 16.3. The number of hydrogen-bond donors (Lipinski definition) is 1. The number of ketones is 1. The van der Waals surface area contributed by atoms with Crippen LogP contribution in [0.1, 0.15) is 32.7 Å². The highest BCUT2D eigenvalue weighted by Gasteiger charge is 2.19. The van der Waals surface area contributed by atoms with Gasteiger partial charge in [-0.05, 0) is 91.6 Å². The van der Waals surface area contributed by atoms with E-state index < -0.39 is 0 Å². The second-order valence-electron chi connectivity index (χ2n) is 10.6. The number of fused-ring (bicyclic) bond motifs is 4. The van der Waals surface area contributed by atoms with Gasteiger partial charge in [0.25, 0.3) is 0 Å². The molecule has 0 fully saturated rings. The zero-order valence-corrected chi connectivity index (χ0v) is 23.0. The largest absolute Gasteiger partial charge is 0.506 e. The first-order valence-corrected chi connectivity index (χ1v) is 13.6. The molecule has 0 aliphatic rings. The summed E-state index contributed by atoms with van der Waals surface area (Å²) in [4.78, 5) is 23.1. The van der Waals surface area contributed by atoms with Crippen molar-refractivity contribution in [2.75, 3.05) is 0 Å². The predicted molar refractivity (Wildman–Crippen MR) is 165 cm³/mol. The minimum atomic E-state index is -0.209. The summed E-state index contributed by atoms with van der Waals surface area (Å²) in [6, 6.07) is 31.3. The topological polar surface area (TPSA) is 68.0 Å². The molecule has 3 heterocycles. The number of carbonyl (C=O) groups is 1. The van der Waals surface area contributed by atoms with E-state index >= 15 is 0 Å². The maximum atomic E-state index is 13.8. The summed E-state index contributed by atoms with van der Waals surface area (Å²) in [7, 11) is 0. The third-order valence-corrected chi connectivity index (χ3v) is 7.83. The van der Waals surface area contributed by atoms with E-state index in [2.05, 4.69) is 54.6 Å². The normalized spacial score (nSPS) is 11.5. The van der Waals surface area contributed by atoms with Gasteiger partial charge in [-0.1, -0.05) is 54.1 Å². The molecule has 0 atom stereocenters. The van der Waals surface area contributed by atoms with Gasteiger partial charge in [-0.15, -0.1) is 0 Å². The van der Waals surface area contributed by atoms with Gasteiger partial charge < -0.3 is 5.11 Å². The van der Waals surface area contributed by atoms with E-state index in [-0.39, 0.29) is 17.2 Å². The van der Waals surface area contributed by atoms with Gasteiger partial charge in [0.15, 0.2) is 0 Å². The summed E-state index contributed by atoms with van der Waals surface area (Å²) in [6.07, 6.45) is 1.77. The number of nitrogens with zero attached hydrogens (tertiary/aromatic N) is 3. The number of aromatic hydroxyl groups is 1. The van der Waals surface area contributed by atoms with Crippen molar-refractivity contribution in [3.05, 3.63) is 131 Å². The van der Waals surface area contributed by atoms with Crippen molar-refractivity contribution in [2.45, 2.75) is 20.8 Å². The number of aromatic nitrogens is 3. The number of para-hydroxylation sites is 1. The van der Waals surface area contributed by atoms with E-state index in [1.807, 2.05) is 60.7 Å². The van der Waals surface area contributed by atoms with E-state index in [0.717, 1.165) is 55.3 Å². The first-order chi connectivity index (χ1) is 19.9. The van der Waals surface area contributed by atoms with Crippen LogP contribution in [-0.4, -0.2) is 25.4 Å². The van der Waals surface area contributed by atoms with Crippen molar-refractivity contribution in [3.63, 3.8) is 0 Å². The summed E-state index contributed by atoms with van der Waals surface area (Å²) in [5.74, 6) is 0.622. The second-order valence-corrected chi connectivity index (χ2v) is 10.6. The number of aryl methyl sites for hydroxylation is 3. The van der Waals surface area contributed by atoms with Crippen LogP contribution >= 0.6 is 0 Å². The van der Waals surface area contributed by atoms with Crippen molar-refractivity contribution >= 4 is 38.5 Å². The van der Waals surface area contributed by atoms with Crippen LogP contribution in [0.4, 0.5) is 0 Å². The fraction of sp³-hybridized carbons (Fsp3) is 0.0833. The van der Waals surface area contributed by atoms with Gasteiger partial charge in [-0.2, -0.15) is 0 Å². The fourth-order valence-corrected chi connectivity index (χ4v) is 6.14. The molecule has 0 aliphatic carbocycles. The Morgan fingerprint density at radius 3 is 2.24 bits per heavy atom. The van der Waals surface area contributed by atoms with Crippen molar-refractivity contribution in [1.82, 2.24) is 14.5 Å². The lowest BCUT2D eigenvalue weighted by atomic mass is 9.91. The number of carbonyl (C=O) groups excluding carboxylic acids is 1. The Balaban J connectivity index is 1.38. The molecule has 198 valence electrons. The molecule has 5 heteroatoms. The third kappa shape index (κ3) is 3.97. The third-order valence-electron chi connectivity index (χ3n) is 7.83. The van der Waals surface area contributed by atoms with Gasteiger partial charge in [-0.3, -0.25) is 9.36 Å². The van der Waals surface area contributed by atoms with Gasteiger partial charge in [0, 0.05) is 27.9 Å². The number of pyridine rings is 2. The highest BCUT2D eigenvalue weighted by Crippen LogP contribution is 2.37. The lowest BCUT2D eigenvalue weighted by Gasteiger charge is -2.15. The number of hydrogen-bond acceptors (Lipinski definition) is 4. The highest BCUT2D eigenvalue weighted by molar-refractivity contribution is 6.14. The van der Waals surface area contributed by atoms with Crippen molar-refractivity contribution in [3.8, 4) is 22.7 Å². The summed E-state index contributed by atoms with van der Waals surface area (Å²) in [5, 5.41) is 13.7. The average Bonchev–Trinajstić information content (AvgIpc) is 3.31. The minimum absolute atomic E-state index is 0.0477. The van der Waals surface area contributed by atoms with Gasteiger partial charge in [0.1, 0.15) is 22.8 Å². The first-order valence-electron chi connectivity index (χ1n) is 13.6. The Kier molecular flexibility index (Phi) is 5.68. The standard InChI is InChI=1S/C36H27N3O2/c1-21-18-22(2)34(23(3)19-21)27-14-16-32(40)35-28(27)13-15-29(38-35)36(41)24-11-12-26-25-8-4-5-9-30(25)39(31(26)20-24)33-10-6-7-17-37-33/h4-20,40H,1-3H3. The van der Waals surface area contributed by atoms with Gasteiger partial charge in [0.2, 0.25) is 5.78 Å². The Hall–Kier alpha value is -5.29. The lowest BCUT2D eigenvalue weighted by Crippen LogP contribution is -2.05. The van der Waals surface area contributed by atoms with Crippen LogP contribution in [0, 0.1) is 20.8 Å². The summed E-state index contributed by atoms with van der Waals surface area (Å²) >= 11 is 0. The summed E-state index contributed by atoms with van der Waals surface area (Å²) < 4.78 is 2.08. The zero-order valence-electron chi connectivity index (χ0n) is 23.0. The van der Waals surface area contributed by atoms with Crippen LogP contribution < -0.4 is 0 Å². The smallest absolute Gasteiger partial charge is 0.211 e. The molecule has 0 bridgehead atoms. The molecule has 5 nitrogen and oxygen atoms in total. The van der Waals surface area contributed by atoms with Crippen LogP contribution in [0.15, 0.2) is 103 Å². The lowest BCUT2D eigenvalue weighted by molar-refractivity contribution is 0.103. The Morgan fingerprint density at radius 2 is 1.46 bits per heavy atom. The van der Waals surface area contributed by atoms with E-state index in [0.29, 0.717) is 11.1 Å². The van der Waals surface area contributed by atoms with Crippen LogP contribution in [0.2, 0.25) is 0 Å². The Labute approximate surface area is 237 Å². The first kappa shape index (κ1) is 24.7. The Morgan fingerprint density at radius 1 is 0.732 bits per heavy atom. The molecule has 7 aromatic rings. The maximum Gasteiger partial charge on any atom is 0.211 e. The molecule has 4 aromatic carbocycles. The molecule has 0 saturated heterocycles. The quantitative estimate of drug-likeness (QED) is 0.231. The van der Waals surface area contributed by atoms with Crippen LogP contribution in [0.25, 0.3) is 49.7 Å². The number of benzene rings is 4. The molecule has 0 spiro atoms. The average molecular weight is 534 g/mol. The van der Waals surface area contributed by atoms with Crippen LogP contribution in [-0.2, 0) is 0 Å². The monoisotopic (exact) mass is 533 g/mol. The maximum absolute atomic E-state index is 13.8. The van der Waals surface area contributed by atoms with Crippen molar-refractivity contribution in [1.29, 1.82) is 0 Å². The number of phenols is 1. The predicted octanol–water partition coefficient (Wildman–Crippen LogP) is 8.26. The Bertz CT molecular complexity index is 2140. The van der Waals surface area contributed by atoms with E-state index in [1.165, 1.54) is 5.56 Å². The van der Waals surface area contributed by atoms with Gasteiger partial charge in [0.05, 0.1) is 11.0 Å². The molecule has 7 rings (SSSR count). The fourth-order valence-electron chi connectivity index (χ4n) is 6.14. The zero-order chi connectivity index (χ0) is 28.2. The molecule has 3 aromatic heterocycles. The molecule has 0 radical (unpaired) electrons. The molecule has 1 N–H and O–H groups in total. The number of phenolic OH excluding ortho intramolecular Hbond substituents is 1. The van der Waals surface area contributed by atoms with Crippen molar-refractivity contribution in [2.24, 2.45) is 0 Å². The van der Waals surface area contributed by atoms with E-state index in [4.69, 9.17) is 4.98 Å². The van der Waals surface area contributed by atoms with Crippen LogP contribution in [0.3, 0.4) is 0 Å². The van der Waals surface area contributed by atoms with E-state index in [9.17, 15) is 9.90 Å². The molecule has 41 heavy (non-hydrogen) atoms. The second kappa shape index (κ2) is 9.42. The summed E-state index contributed by atoms with van der Waals surface area (Å²) in [5.41, 5.74) is 8.76. The number of rotatable bonds is 4. The van der Waals surface area contributed by atoms with Gasteiger partial charge in [-0.25, -0.2) is 9.97 Å². The summed E-state index contributed by atoms with van der Waals surface area (Å²) in [6.45, 7) is 6.28. The SMILES string of the molecule is Cc1cc(C)c(-c2ccc(O)c3nc(C(=O)c4ccc5c6ccccc6n(-c6ccccn6)c5c4)ccc23)c(C)c1. The van der Waals surface area contributed by atoms with Gasteiger partial charge >= 0.3 is 0 Å². The minimum Gasteiger partial charge on any atom is -0.506 e. The molecule has 0 unspecified atom stereocenters. The van der Waals surface area contributed by atoms with E-state index in [1.54, 1.807) is 18.3 Å². The molecular formula is C36H27N3O2. The van der Waals surface area contributed by atoms with Crippen molar-refractivity contribution < 1.29 is 9.90 Å². The van der Waals surface area contributed by atoms with Crippen LogP contribution in [0.5, 0.6) is 5.75 Å². The molecule has 0 saturated carbocycles. The molecular weight excluding hydrogens is 506 g/mol.